The third-order valence-electron chi connectivity index (χ3n) is 4.60. The van der Waals surface area contributed by atoms with Gasteiger partial charge in [-0.15, -0.1) is 0 Å². The highest BCUT2D eigenvalue weighted by atomic mass is 32.2. The number of fused-ring (bicyclic) bond motifs is 2. The number of aryl methyl sites for hydroxylation is 1. The molecule has 24 heavy (non-hydrogen) atoms. The molecule has 1 heterocycles. The molecule has 2 aromatic rings. The molecule has 1 aliphatic heterocycles. The van der Waals surface area contributed by atoms with Crippen molar-refractivity contribution in [1.82, 2.24) is 5.32 Å². The van der Waals surface area contributed by atoms with E-state index in [2.05, 4.69) is 73.0 Å². The second kappa shape index (κ2) is 7.60. The summed E-state index contributed by atoms with van der Waals surface area (Å²) in [5, 5.41) is 3.76. The molecule has 4 heteroatoms. The van der Waals surface area contributed by atoms with Crippen LogP contribution in [0.2, 0.25) is 0 Å². The Hall–Kier alpha value is -1.49. The molecule has 1 aliphatic rings. The fraction of sp³-hybridized carbons (Fsp3) is 0.400. The molecule has 0 aliphatic carbocycles. The van der Waals surface area contributed by atoms with Gasteiger partial charge in [0.05, 0.1) is 17.8 Å². The van der Waals surface area contributed by atoms with Gasteiger partial charge in [0.25, 0.3) is 0 Å². The molecule has 3 rings (SSSR count). The highest BCUT2D eigenvalue weighted by molar-refractivity contribution is 8.00. The molecule has 2 atom stereocenters. The molecule has 0 saturated heterocycles. The zero-order valence-corrected chi connectivity index (χ0v) is 15.7. The van der Waals surface area contributed by atoms with E-state index in [1.807, 2.05) is 0 Å². The number of rotatable bonds is 5. The molecular weight excluding hydrogens is 316 g/mol. The molecule has 1 N–H and O–H groups in total. The van der Waals surface area contributed by atoms with E-state index in [4.69, 9.17) is 4.74 Å². The first-order valence-electron chi connectivity index (χ1n) is 8.47. The molecule has 3 nitrogen and oxygen atoms in total. The predicted octanol–water partition coefficient (Wildman–Crippen LogP) is 4.56. The lowest BCUT2D eigenvalue weighted by Gasteiger charge is -2.23. The Bertz CT molecular complexity index is 704. The van der Waals surface area contributed by atoms with Gasteiger partial charge >= 0.3 is 0 Å². The SMILES string of the molecule is COC(C)CCNC1c2ccc(C)cc2SN(C)c2ccccc21. The smallest absolute Gasteiger partial charge is 0.0609 e. The number of nitrogens with zero attached hydrogens (tertiary/aromatic N) is 1. The van der Waals surface area contributed by atoms with Gasteiger partial charge in [-0.05, 0) is 67.6 Å². The van der Waals surface area contributed by atoms with Crippen molar-refractivity contribution in [3.63, 3.8) is 0 Å². The minimum Gasteiger partial charge on any atom is -0.382 e. The van der Waals surface area contributed by atoms with Crippen LogP contribution in [0.3, 0.4) is 0 Å². The minimum absolute atomic E-state index is 0.207. The number of benzene rings is 2. The van der Waals surface area contributed by atoms with E-state index in [9.17, 15) is 0 Å². The Morgan fingerprint density at radius 2 is 2.00 bits per heavy atom. The van der Waals surface area contributed by atoms with E-state index in [-0.39, 0.29) is 12.1 Å². The van der Waals surface area contributed by atoms with Crippen LogP contribution in [0.5, 0.6) is 0 Å². The number of nitrogens with one attached hydrogen (secondary N) is 1. The van der Waals surface area contributed by atoms with Crippen LogP contribution in [0, 0.1) is 6.92 Å². The Balaban J connectivity index is 1.97. The molecule has 0 saturated carbocycles. The Labute approximate surface area is 149 Å². The van der Waals surface area contributed by atoms with E-state index in [0.29, 0.717) is 0 Å². The van der Waals surface area contributed by atoms with Crippen LogP contribution in [0.25, 0.3) is 0 Å². The predicted molar refractivity (Wildman–Crippen MR) is 103 cm³/mol. The molecule has 0 bridgehead atoms. The van der Waals surface area contributed by atoms with Crippen LogP contribution in [-0.2, 0) is 4.74 Å². The van der Waals surface area contributed by atoms with Crippen LogP contribution in [0.1, 0.15) is 36.1 Å². The Morgan fingerprint density at radius 1 is 1.21 bits per heavy atom. The fourth-order valence-corrected chi connectivity index (χ4v) is 4.20. The lowest BCUT2D eigenvalue weighted by Crippen LogP contribution is -2.26. The molecule has 0 radical (unpaired) electrons. The summed E-state index contributed by atoms with van der Waals surface area (Å²) in [5.41, 5.74) is 5.26. The first-order valence-corrected chi connectivity index (χ1v) is 9.25. The lowest BCUT2D eigenvalue weighted by atomic mass is 9.96. The van der Waals surface area contributed by atoms with Crippen molar-refractivity contribution >= 4 is 17.6 Å². The summed E-state index contributed by atoms with van der Waals surface area (Å²) < 4.78 is 7.65. The van der Waals surface area contributed by atoms with Gasteiger partial charge in [-0.1, -0.05) is 30.3 Å². The molecule has 0 amide bonds. The molecule has 0 spiro atoms. The number of hydrogen-bond donors (Lipinski definition) is 1. The van der Waals surface area contributed by atoms with Crippen LogP contribution in [0.15, 0.2) is 47.4 Å². The molecule has 0 aromatic heterocycles. The van der Waals surface area contributed by atoms with E-state index < -0.39 is 0 Å². The summed E-state index contributed by atoms with van der Waals surface area (Å²) in [6, 6.07) is 15.6. The van der Waals surface area contributed by atoms with Gasteiger partial charge in [-0.25, -0.2) is 0 Å². The maximum absolute atomic E-state index is 5.38. The summed E-state index contributed by atoms with van der Waals surface area (Å²) in [6.07, 6.45) is 1.27. The number of ether oxygens (including phenoxy) is 1. The monoisotopic (exact) mass is 342 g/mol. The van der Waals surface area contributed by atoms with Crippen molar-refractivity contribution in [2.45, 2.75) is 37.3 Å². The first-order chi connectivity index (χ1) is 11.6. The molecule has 128 valence electrons. The van der Waals surface area contributed by atoms with Crippen molar-refractivity contribution < 1.29 is 4.74 Å². The van der Waals surface area contributed by atoms with Gasteiger partial charge in [-0.2, -0.15) is 0 Å². The van der Waals surface area contributed by atoms with Crippen LogP contribution in [0.4, 0.5) is 5.69 Å². The van der Waals surface area contributed by atoms with Gasteiger partial charge < -0.3 is 14.4 Å². The standard InChI is InChI=1S/C20H26N2OS/c1-14-9-10-17-19(13-14)24-22(3)18-8-6-5-7-16(18)20(17)21-12-11-15(2)23-4/h5-10,13,15,20-21H,11-12H2,1-4H3. The second-order valence-electron chi connectivity index (χ2n) is 6.41. The molecule has 0 fully saturated rings. The van der Waals surface area contributed by atoms with Crippen molar-refractivity contribution in [1.29, 1.82) is 0 Å². The Morgan fingerprint density at radius 3 is 2.79 bits per heavy atom. The maximum atomic E-state index is 5.38. The van der Waals surface area contributed by atoms with Crippen LogP contribution >= 0.6 is 11.9 Å². The average Bonchev–Trinajstić information content (AvgIpc) is 2.70. The minimum atomic E-state index is 0.207. The second-order valence-corrected chi connectivity index (χ2v) is 7.58. The number of para-hydroxylation sites is 1. The third-order valence-corrected chi connectivity index (χ3v) is 5.62. The zero-order valence-electron chi connectivity index (χ0n) is 14.9. The van der Waals surface area contributed by atoms with Crippen molar-refractivity contribution in [2.75, 3.05) is 25.0 Å². The largest absolute Gasteiger partial charge is 0.382 e. The van der Waals surface area contributed by atoms with Gasteiger partial charge in [-0.3, -0.25) is 0 Å². The highest BCUT2D eigenvalue weighted by Gasteiger charge is 2.26. The number of methoxy groups -OCH3 is 1. The topological polar surface area (TPSA) is 24.5 Å². The van der Waals surface area contributed by atoms with Gasteiger partial charge in [0, 0.05) is 19.1 Å². The van der Waals surface area contributed by atoms with Crippen LogP contribution < -0.4 is 9.62 Å². The zero-order chi connectivity index (χ0) is 17.1. The lowest BCUT2D eigenvalue weighted by molar-refractivity contribution is 0.110. The van der Waals surface area contributed by atoms with Gasteiger partial charge in [0.2, 0.25) is 0 Å². The normalized spacial score (nSPS) is 17.8. The maximum Gasteiger partial charge on any atom is 0.0609 e. The van der Waals surface area contributed by atoms with Crippen molar-refractivity contribution in [3.8, 4) is 0 Å². The highest BCUT2D eigenvalue weighted by Crippen LogP contribution is 2.43. The third kappa shape index (κ3) is 3.61. The summed E-state index contributed by atoms with van der Waals surface area (Å²) in [6.45, 7) is 5.20. The van der Waals surface area contributed by atoms with E-state index in [1.165, 1.54) is 27.3 Å². The summed E-state index contributed by atoms with van der Waals surface area (Å²) in [7, 11) is 3.92. The fourth-order valence-electron chi connectivity index (χ4n) is 3.11. The van der Waals surface area contributed by atoms with E-state index in [1.54, 1.807) is 19.1 Å². The number of anilines is 1. The molecule has 2 aromatic carbocycles. The quantitative estimate of drug-likeness (QED) is 0.805. The van der Waals surface area contributed by atoms with Gasteiger partial charge in [0.15, 0.2) is 0 Å². The van der Waals surface area contributed by atoms with Crippen molar-refractivity contribution in [2.24, 2.45) is 0 Å². The molecule has 2 unspecified atom stereocenters. The van der Waals surface area contributed by atoms with E-state index in [0.717, 1.165) is 13.0 Å². The van der Waals surface area contributed by atoms with Crippen molar-refractivity contribution in [3.05, 3.63) is 59.2 Å². The van der Waals surface area contributed by atoms with E-state index >= 15 is 0 Å². The number of hydrogen-bond acceptors (Lipinski definition) is 4. The van der Waals surface area contributed by atoms with Crippen LogP contribution in [-0.4, -0.2) is 26.8 Å². The van der Waals surface area contributed by atoms with Gasteiger partial charge in [0.1, 0.15) is 0 Å². The summed E-state index contributed by atoms with van der Waals surface area (Å²) >= 11 is 1.81. The summed E-state index contributed by atoms with van der Waals surface area (Å²) in [4.78, 5) is 1.32. The first kappa shape index (κ1) is 17.3. The Kier molecular flexibility index (Phi) is 5.49. The molecular formula is C20H26N2OS. The average molecular weight is 343 g/mol. The summed E-state index contributed by atoms with van der Waals surface area (Å²) in [5.74, 6) is 0.